The zero-order chi connectivity index (χ0) is 11.1. The Kier molecular flexibility index (Phi) is 4.35. The summed E-state index contributed by atoms with van der Waals surface area (Å²) in [5, 5.41) is 0. The van der Waals surface area contributed by atoms with Gasteiger partial charge in [-0.3, -0.25) is 4.79 Å². The molecule has 2 nitrogen and oxygen atoms in total. The highest BCUT2D eigenvalue weighted by Gasteiger charge is 1.78. The minimum Gasteiger partial charge on any atom is -0.329 e. The Bertz CT molecular complexity index is 425. The fourth-order valence-electron chi connectivity index (χ4n) is 1.02. The molecule has 1 aromatic heterocycles. The van der Waals surface area contributed by atoms with E-state index < -0.39 is 0 Å². The third kappa shape index (κ3) is 4.81. The van der Waals surface area contributed by atoms with Gasteiger partial charge in [-0.25, -0.2) is 0 Å². The summed E-state index contributed by atoms with van der Waals surface area (Å²) in [6.07, 6.45) is 1.68. The third-order valence-corrected chi connectivity index (χ3v) is 1.88. The average Bonchev–Trinajstić information content (AvgIpc) is 2.25. The van der Waals surface area contributed by atoms with Crippen LogP contribution in [0.5, 0.6) is 0 Å². The molecule has 0 saturated heterocycles. The third-order valence-electron chi connectivity index (χ3n) is 1.88. The molecule has 1 N–H and O–H groups in total. The maximum Gasteiger partial charge on any atom is 0.247 e. The molecule has 0 spiro atoms. The molecule has 0 unspecified atom stereocenters. The summed E-state index contributed by atoms with van der Waals surface area (Å²) in [6.45, 7) is 4.01. The Hall–Kier alpha value is -1.83. The first kappa shape index (κ1) is 11.2. The molecular weight excluding hydrogens is 186 g/mol. The zero-order valence-electron chi connectivity index (χ0n) is 9.03. The van der Waals surface area contributed by atoms with Gasteiger partial charge >= 0.3 is 0 Å². The van der Waals surface area contributed by atoms with Gasteiger partial charge in [-0.1, -0.05) is 42.0 Å². The average molecular weight is 201 g/mol. The van der Waals surface area contributed by atoms with Crippen LogP contribution in [-0.4, -0.2) is 4.98 Å². The first-order valence-electron chi connectivity index (χ1n) is 4.85. The number of hydrogen-bond donors (Lipinski definition) is 1. The molecular formula is C13H15NO. The van der Waals surface area contributed by atoms with Crippen LogP contribution in [0, 0.1) is 13.8 Å². The molecule has 1 aromatic carbocycles. The lowest BCUT2D eigenvalue weighted by atomic mass is 10.2. The number of H-pyrrole nitrogens is 1. The Morgan fingerprint density at radius 2 is 1.53 bits per heavy atom. The molecule has 1 heterocycles. The van der Waals surface area contributed by atoms with E-state index in [-0.39, 0.29) is 5.56 Å². The van der Waals surface area contributed by atoms with E-state index in [1.165, 1.54) is 11.6 Å². The van der Waals surface area contributed by atoms with Crippen molar-refractivity contribution < 1.29 is 0 Å². The van der Waals surface area contributed by atoms with E-state index in [2.05, 4.69) is 24.0 Å². The van der Waals surface area contributed by atoms with Crippen molar-refractivity contribution in [1.29, 1.82) is 0 Å². The topological polar surface area (TPSA) is 32.9 Å². The molecule has 0 fully saturated rings. The summed E-state index contributed by atoms with van der Waals surface area (Å²) >= 11 is 0. The summed E-state index contributed by atoms with van der Waals surface area (Å²) in [5.74, 6) is 0. The number of nitrogens with one attached hydrogen (secondary N) is 1. The standard InChI is InChI=1S/C7H8.C6H7NO/c1-7-5-3-2-4-6-7;1-5-2-3-6(8)7-4-5/h2-6H,1H3;2-4H,1H3,(H,7,8). The van der Waals surface area contributed by atoms with Crippen LogP contribution in [0.2, 0.25) is 0 Å². The summed E-state index contributed by atoms with van der Waals surface area (Å²) in [5.41, 5.74) is 2.35. The molecule has 0 aliphatic carbocycles. The van der Waals surface area contributed by atoms with Crippen LogP contribution in [0.4, 0.5) is 0 Å². The number of aryl methyl sites for hydroxylation is 2. The largest absolute Gasteiger partial charge is 0.329 e. The summed E-state index contributed by atoms with van der Waals surface area (Å²) in [7, 11) is 0. The smallest absolute Gasteiger partial charge is 0.247 e. The van der Waals surface area contributed by atoms with E-state index in [9.17, 15) is 4.79 Å². The molecule has 0 aliphatic rings. The van der Waals surface area contributed by atoms with Crippen molar-refractivity contribution in [3.63, 3.8) is 0 Å². The Balaban J connectivity index is 0.000000151. The number of aromatic amines is 1. The van der Waals surface area contributed by atoms with E-state index in [1.807, 2.05) is 25.1 Å². The van der Waals surface area contributed by atoms with Crippen LogP contribution < -0.4 is 5.56 Å². The highest BCUT2D eigenvalue weighted by molar-refractivity contribution is 5.11. The Labute approximate surface area is 89.6 Å². The second-order valence-electron chi connectivity index (χ2n) is 3.38. The molecule has 78 valence electrons. The van der Waals surface area contributed by atoms with Crippen LogP contribution in [0.15, 0.2) is 53.5 Å². The van der Waals surface area contributed by atoms with Gasteiger partial charge < -0.3 is 4.98 Å². The second-order valence-corrected chi connectivity index (χ2v) is 3.38. The summed E-state index contributed by atoms with van der Waals surface area (Å²) in [4.78, 5) is 12.9. The van der Waals surface area contributed by atoms with Gasteiger partial charge in [0.1, 0.15) is 0 Å². The molecule has 0 bridgehead atoms. The van der Waals surface area contributed by atoms with E-state index in [0.29, 0.717) is 0 Å². The van der Waals surface area contributed by atoms with Crippen LogP contribution in [0.25, 0.3) is 0 Å². The van der Waals surface area contributed by atoms with Crippen molar-refractivity contribution in [2.45, 2.75) is 13.8 Å². The highest BCUT2D eigenvalue weighted by Crippen LogP contribution is 1.92. The van der Waals surface area contributed by atoms with Crippen molar-refractivity contribution in [2.75, 3.05) is 0 Å². The number of benzene rings is 1. The Morgan fingerprint density at radius 3 is 1.87 bits per heavy atom. The fraction of sp³-hybridized carbons (Fsp3) is 0.154. The molecule has 0 amide bonds. The lowest BCUT2D eigenvalue weighted by molar-refractivity contribution is 1.20. The SMILES string of the molecule is Cc1ccc(=O)[nH]c1.Cc1ccccc1. The van der Waals surface area contributed by atoms with Gasteiger partial charge in [0.05, 0.1) is 0 Å². The highest BCUT2D eigenvalue weighted by atomic mass is 16.1. The quantitative estimate of drug-likeness (QED) is 0.698. The minimum absolute atomic E-state index is 0.0457. The molecule has 2 heteroatoms. The molecule has 2 aromatic rings. The summed E-state index contributed by atoms with van der Waals surface area (Å²) < 4.78 is 0. The van der Waals surface area contributed by atoms with Gasteiger partial charge in [-0.15, -0.1) is 0 Å². The van der Waals surface area contributed by atoms with E-state index in [0.717, 1.165) is 5.56 Å². The van der Waals surface area contributed by atoms with Crippen LogP contribution in [-0.2, 0) is 0 Å². The van der Waals surface area contributed by atoms with Gasteiger partial charge in [-0.2, -0.15) is 0 Å². The molecule has 0 aliphatic heterocycles. The van der Waals surface area contributed by atoms with Gasteiger partial charge in [0, 0.05) is 12.3 Å². The van der Waals surface area contributed by atoms with Gasteiger partial charge in [0.15, 0.2) is 0 Å². The maximum absolute atomic E-state index is 10.4. The predicted octanol–water partition coefficient (Wildman–Crippen LogP) is 2.68. The molecule has 0 radical (unpaired) electrons. The lowest BCUT2D eigenvalue weighted by Crippen LogP contribution is -2.00. The predicted molar refractivity (Wildman–Crippen MR) is 63.0 cm³/mol. The lowest BCUT2D eigenvalue weighted by Gasteiger charge is -1.83. The Morgan fingerprint density at radius 1 is 0.867 bits per heavy atom. The normalized spacial score (nSPS) is 8.93. The van der Waals surface area contributed by atoms with Gasteiger partial charge in [0.2, 0.25) is 5.56 Å². The van der Waals surface area contributed by atoms with Crippen LogP contribution in [0.1, 0.15) is 11.1 Å². The summed E-state index contributed by atoms with van der Waals surface area (Å²) in [6, 6.07) is 13.5. The van der Waals surface area contributed by atoms with Gasteiger partial charge in [-0.05, 0) is 19.4 Å². The fourth-order valence-corrected chi connectivity index (χ4v) is 1.02. The van der Waals surface area contributed by atoms with Crippen molar-refractivity contribution in [2.24, 2.45) is 0 Å². The van der Waals surface area contributed by atoms with Crippen LogP contribution in [0.3, 0.4) is 0 Å². The van der Waals surface area contributed by atoms with Crippen molar-refractivity contribution in [3.05, 3.63) is 70.1 Å². The monoisotopic (exact) mass is 201 g/mol. The molecule has 15 heavy (non-hydrogen) atoms. The number of aromatic nitrogens is 1. The van der Waals surface area contributed by atoms with E-state index >= 15 is 0 Å². The van der Waals surface area contributed by atoms with Crippen molar-refractivity contribution in [1.82, 2.24) is 4.98 Å². The van der Waals surface area contributed by atoms with Gasteiger partial charge in [0.25, 0.3) is 0 Å². The van der Waals surface area contributed by atoms with E-state index in [1.54, 1.807) is 12.3 Å². The number of hydrogen-bond acceptors (Lipinski definition) is 1. The van der Waals surface area contributed by atoms with Crippen molar-refractivity contribution in [3.8, 4) is 0 Å². The zero-order valence-corrected chi connectivity index (χ0v) is 9.03. The van der Waals surface area contributed by atoms with Crippen molar-refractivity contribution >= 4 is 0 Å². The maximum atomic E-state index is 10.4. The molecule has 0 atom stereocenters. The second kappa shape index (κ2) is 5.81. The number of rotatable bonds is 0. The molecule has 0 saturated carbocycles. The van der Waals surface area contributed by atoms with Crippen LogP contribution >= 0.6 is 0 Å². The minimum atomic E-state index is -0.0457. The van der Waals surface area contributed by atoms with E-state index in [4.69, 9.17) is 0 Å². The number of pyridine rings is 1. The molecule has 2 rings (SSSR count). The first-order chi connectivity index (χ1) is 7.18. The first-order valence-corrected chi connectivity index (χ1v) is 4.85.